The maximum absolute atomic E-state index is 10.7. The third-order valence-corrected chi connectivity index (χ3v) is 4.86. The highest BCUT2D eigenvalue weighted by molar-refractivity contribution is 8.00. The molecule has 0 aromatic carbocycles. The highest BCUT2D eigenvalue weighted by Gasteiger charge is 2.09. The lowest BCUT2D eigenvalue weighted by Crippen LogP contribution is -2.11. The predicted molar refractivity (Wildman–Crippen MR) is 118 cm³/mol. The van der Waals surface area contributed by atoms with Crippen molar-refractivity contribution in [3.63, 3.8) is 0 Å². The lowest BCUT2D eigenvalue weighted by atomic mass is 10.2. The summed E-state index contributed by atoms with van der Waals surface area (Å²) in [5, 5.41) is 8.50. The fourth-order valence-corrected chi connectivity index (χ4v) is 2.93. The van der Waals surface area contributed by atoms with Gasteiger partial charge in [-0.1, -0.05) is 67.7 Å². The second-order valence-corrected chi connectivity index (χ2v) is 7.50. The molecule has 2 nitrogen and oxygen atoms in total. The monoisotopic (exact) mass is 376 g/mol. The maximum atomic E-state index is 10.7. The lowest BCUT2D eigenvalue weighted by Gasteiger charge is -2.04. The summed E-state index contributed by atoms with van der Waals surface area (Å²) in [7, 11) is 0. The van der Waals surface area contributed by atoms with Gasteiger partial charge in [0.2, 0.25) is 0 Å². The first kappa shape index (κ1) is 24.5. The van der Waals surface area contributed by atoms with Crippen LogP contribution in [0.15, 0.2) is 60.8 Å². The van der Waals surface area contributed by atoms with Crippen LogP contribution >= 0.6 is 11.8 Å². The van der Waals surface area contributed by atoms with Gasteiger partial charge in [-0.3, -0.25) is 4.79 Å². The van der Waals surface area contributed by atoms with Gasteiger partial charge < -0.3 is 5.11 Å². The zero-order chi connectivity index (χ0) is 19.3. The zero-order valence-corrected chi connectivity index (χ0v) is 17.3. The minimum Gasteiger partial charge on any atom is -0.480 e. The summed E-state index contributed by atoms with van der Waals surface area (Å²) in [6.45, 7) is 3.90. The van der Waals surface area contributed by atoms with Gasteiger partial charge in [0.05, 0.1) is 5.25 Å². The first-order chi connectivity index (χ1) is 12.7. The number of allylic oxidation sites excluding steroid dienone is 10. The molecule has 1 atom stereocenters. The standard InChI is InChI=1S/C23H36O2S/c1-3-4-5-6-7-8-9-10-11-12-13-14-15-16-17-18-19-20-21-26-22(2)23(24)25/h4-5,7-8,10-11,13-14,16-17,22H,3,6,9,12,15,18-21H2,1-2H3,(H,24,25). The van der Waals surface area contributed by atoms with Crippen LogP contribution < -0.4 is 0 Å². The Morgan fingerprint density at radius 2 is 1.27 bits per heavy atom. The summed E-state index contributed by atoms with van der Waals surface area (Å²) in [4.78, 5) is 10.7. The Balaban J connectivity index is 3.46. The summed E-state index contributed by atoms with van der Waals surface area (Å²) in [5.74, 6) is 0.214. The number of carbonyl (C=O) groups is 1. The molecule has 0 rings (SSSR count). The molecular formula is C23H36O2S. The highest BCUT2D eigenvalue weighted by atomic mass is 32.2. The SMILES string of the molecule is CCC=CCC=CCC=CCC=CCC=CCCCCSC(C)C(=O)O. The number of hydrogen-bond donors (Lipinski definition) is 1. The molecule has 0 aromatic heterocycles. The Hall–Kier alpha value is -1.48. The highest BCUT2D eigenvalue weighted by Crippen LogP contribution is 2.13. The Kier molecular flexibility index (Phi) is 18.7. The van der Waals surface area contributed by atoms with E-state index in [2.05, 4.69) is 67.7 Å². The summed E-state index contributed by atoms with van der Waals surface area (Å²) in [5.41, 5.74) is 0. The number of hydrogen-bond acceptors (Lipinski definition) is 2. The molecule has 146 valence electrons. The average Bonchev–Trinajstić information content (AvgIpc) is 2.63. The van der Waals surface area contributed by atoms with E-state index in [1.165, 1.54) is 11.8 Å². The van der Waals surface area contributed by atoms with Crippen molar-refractivity contribution >= 4 is 17.7 Å². The third-order valence-electron chi connectivity index (χ3n) is 3.64. The molecule has 0 aromatic rings. The number of rotatable bonds is 16. The van der Waals surface area contributed by atoms with Gasteiger partial charge in [-0.2, -0.15) is 0 Å². The number of thioether (sulfide) groups is 1. The largest absolute Gasteiger partial charge is 0.480 e. The van der Waals surface area contributed by atoms with Crippen LogP contribution in [0.25, 0.3) is 0 Å². The Labute approximate surface area is 164 Å². The second-order valence-electron chi connectivity index (χ2n) is 6.06. The molecule has 0 heterocycles. The number of carboxylic acid groups (broad SMARTS) is 1. The Morgan fingerprint density at radius 1 is 0.808 bits per heavy atom. The van der Waals surface area contributed by atoms with Crippen LogP contribution in [0.5, 0.6) is 0 Å². The van der Waals surface area contributed by atoms with Crippen molar-refractivity contribution in [3.8, 4) is 0 Å². The molecule has 26 heavy (non-hydrogen) atoms. The molecule has 0 amide bonds. The van der Waals surface area contributed by atoms with E-state index in [4.69, 9.17) is 5.11 Å². The minimum absolute atomic E-state index is 0.288. The quantitative estimate of drug-likeness (QED) is 0.230. The predicted octanol–water partition coefficient (Wildman–Crippen LogP) is 7.11. The first-order valence-corrected chi connectivity index (χ1v) is 10.8. The molecule has 0 saturated carbocycles. The Morgan fingerprint density at radius 3 is 1.73 bits per heavy atom. The minimum atomic E-state index is -0.715. The van der Waals surface area contributed by atoms with Crippen LogP contribution in [0.1, 0.15) is 65.2 Å². The molecule has 0 saturated heterocycles. The molecule has 1 N–H and O–H groups in total. The second kappa shape index (κ2) is 19.8. The van der Waals surface area contributed by atoms with Gasteiger partial charge in [-0.25, -0.2) is 0 Å². The molecule has 0 aliphatic rings. The van der Waals surface area contributed by atoms with Crippen molar-refractivity contribution in [1.29, 1.82) is 0 Å². The summed E-state index contributed by atoms with van der Waals surface area (Å²) < 4.78 is 0. The Bertz CT molecular complexity index is 473. The van der Waals surface area contributed by atoms with E-state index in [0.29, 0.717) is 0 Å². The van der Waals surface area contributed by atoms with E-state index >= 15 is 0 Å². The fraction of sp³-hybridized carbons (Fsp3) is 0.522. The van der Waals surface area contributed by atoms with Gasteiger partial charge in [0, 0.05) is 0 Å². The van der Waals surface area contributed by atoms with E-state index in [1.54, 1.807) is 6.92 Å². The maximum Gasteiger partial charge on any atom is 0.316 e. The van der Waals surface area contributed by atoms with Gasteiger partial charge in [-0.05, 0) is 64.0 Å². The van der Waals surface area contributed by atoms with E-state index < -0.39 is 5.97 Å². The third kappa shape index (κ3) is 18.9. The van der Waals surface area contributed by atoms with Crippen LogP contribution in [-0.2, 0) is 4.79 Å². The fourth-order valence-electron chi connectivity index (χ4n) is 2.06. The topological polar surface area (TPSA) is 37.3 Å². The first-order valence-electron chi connectivity index (χ1n) is 9.77. The normalized spacial score (nSPS) is 13.9. The lowest BCUT2D eigenvalue weighted by molar-refractivity contribution is -0.136. The van der Waals surface area contributed by atoms with E-state index in [0.717, 1.165) is 57.1 Å². The average molecular weight is 377 g/mol. The summed E-state index contributed by atoms with van der Waals surface area (Å²) >= 11 is 1.52. The zero-order valence-electron chi connectivity index (χ0n) is 16.5. The van der Waals surface area contributed by atoms with Crippen molar-refractivity contribution in [2.24, 2.45) is 0 Å². The van der Waals surface area contributed by atoms with Gasteiger partial charge in [0.15, 0.2) is 0 Å². The van der Waals surface area contributed by atoms with Crippen molar-refractivity contribution in [2.75, 3.05) is 5.75 Å². The molecular weight excluding hydrogens is 340 g/mol. The molecule has 3 heteroatoms. The summed E-state index contributed by atoms with van der Waals surface area (Å²) in [6, 6.07) is 0. The van der Waals surface area contributed by atoms with E-state index in [-0.39, 0.29) is 5.25 Å². The molecule has 1 unspecified atom stereocenters. The molecule has 0 bridgehead atoms. The molecule has 0 radical (unpaired) electrons. The van der Waals surface area contributed by atoms with E-state index in [9.17, 15) is 4.79 Å². The molecule has 0 spiro atoms. The van der Waals surface area contributed by atoms with Crippen LogP contribution in [0, 0.1) is 0 Å². The van der Waals surface area contributed by atoms with Crippen LogP contribution in [-0.4, -0.2) is 22.1 Å². The van der Waals surface area contributed by atoms with Crippen LogP contribution in [0.4, 0.5) is 0 Å². The summed E-state index contributed by atoms with van der Waals surface area (Å²) in [6.07, 6.45) is 30.5. The van der Waals surface area contributed by atoms with Gasteiger partial charge in [0.1, 0.15) is 0 Å². The van der Waals surface area contributed by atoms with Crippen LogP contribution in [0.2, 0.25) is 0 Å². The molecule has 0 aliphatic heterocycles. The van der Waals surface area contributed by atoms with Crippen molar-refractivity contribution < 1.29 is 9.90 Å². The van der Waals surface area contributed by atoms with E-state index in [1.807, 2.05) is 0 Å². The molecule has 0 aliphatic carbocycles. The van der Waals surface area contributed by atoms with Crippen LogP contribution in [0.3, 0.4) is 0 Å². The van der Waals surface area contributed by atoms with Crippen molar-refractivity contribution in [1.82, 2.24) is 0 Å². The molecule has 0 fully saturated rings. The number of carboxylic acids is 1. The van der Waals surface area contributed by atoms with Crippen molar-refractivity contribution in [3.05, 3.63) is 60.8 Å². The number of aliphatic carboxylic acids is 1. The van der Waals surface area contributed by atoms with Crippen molar-refractivity contribution in [2.45, 2.75) is 70.5 Å². The van der Waals surface area contributed by atoms with Gasteiger partial charge in [-0.15, -0.1) is 11.8 Å². The number of unbranched alkanes of at least 4 members (excludes halogenated alkanes) is 2. The smallest absolute Gasteiger partial charge is 0.316 e. The van der Waals surface area contributed by atoms with Gasteiger partial charge >= 0.3 is 5.97 Å². The van der Waals surface area contributed by atoms with Gasteiger partial charge in [0.25, 0.3) is 0 Å².